The standard InChI is InChI=1S/C23H20N4O3/c28-21-8-7-20(22(29)26-21)27-13-15-6-5-14(11-17(15)23(27)30)12-25-19-9-10-24-18-4-2-1-3-16(18)19/h1-6,9-11,20H,7-8,12-13H2,(H,24,25)(H,26,28,29). The van der Waals surface area contributed by atoms with Crippen LogP contribution in [-0.4, -0.2) is 33.6 Å². The number of rotatable bonds is 4. The van der Waals surface area contributed by atoms with Crippen molar-refractivity contribution in [1.82, 2.24) is 15.2 Å². The van der Waals surface area contributed by atoms with E-state index in [1.165, 1.54) is 0 Å². The summed E-state index contributed by atoms with van der Waals surface area (Å²) in [5.74, 6) is -0.827. The topological polar surface area (TPSA) is 91.4 Å². The smallest absolute Gasteiger partial charge is 0.255 e. The number of benzene rings is 2. The van der Waals surface area contributed by atoms with Crippen molar-refractivity contribution >= 4 is 34.3 Å². The van der Waals surface area contributed by atoms with Gasteiger partial charge in [0.25, 0.3) is 5.91 Å². The van der Waals surface area contributed by atoms with Gasteiger partial charge in [0.15, 0.2) is 0 Å². The molecule has 0 radical (unpaired) electrons. The summed E-state index contributed by atoms with van der Waals surface area (Å²) in [5.41, 5.74) is 4.42. The first-order valence-electron chi connectivity index (χ1n) is 9.94. The van der Waals surface area contributed by atoms with Crippen LogP contribution in [0.3, 0.4) is 0 Å². The Morgan fingerprint density at radius 2 is 1.97 bits per heavy atom. The third-order valence-electron chi connectivity index (χ3n) is 5.72. The summed E-state index contributed by atoms with van der Waals surface area (Å²) in [6.07, 6.45) is 2.40. The second-order valence-corrected chi connectivity index (χ2v) is 7.62. The molecule has 3 aromatic rings. The Labute approximate surface area is 173 Å². The number of nitrogens with one attached hydrogen (secondary N) is 2. The first kappa shape index (κ1) is 18.3. The van der Waals surface area contributed by atoms with Crippen molar-refractivity contribution in [3.8, 4) is 0 Å². The summed E-state index contributed by atoms with van der Waals surface area (Å²) >= 11 is 0. The Kier molecular flexibility index (Phi) is 4.43. The molecule has 2 aliphatic rings. The fourth-order valence-electron chi connectivity index (χ4n) is 4.16. The SMILES string of the molecule is O=C1CCC(N2Cc3ccc(CNc4ccnc5ccccc45)cc3C2=O)C(=O)N1. The molecule has 0 bridgehead atoms. The highest BCUT2D eigenvalue weighted by Crippen LogP contribution is 2.29. The van der Waals surface area contributed by atoms with E-state index in [1.807, 2.05) is 48.5 Å². The second kappa shape index (κ2) is 7.26. The molecule has 2 aliphatic heterocycles. The molecule has 2 N–H and O–H groups in total. The normalized spacial score (nSPS) is 18.5. The molecular weight excluding hydrogens is 380 g/mol. The van der Waals surface area contributed by atoms with Gasteiger partial charge in [-0.3, -0.25) is 24.7 Å². The predicted octanol–water partition coefficient (Wildman–Crippen LogP) is 2.61. The zero-order valence-electron chi connectivity index (χ0n) is 16.2. The third kappa shape index (κ3) is 3.18. The number of carbonyl (C=O) groups excluding carboxylic acids is 3. The molecule has 1 unspecified atom stereocenters. The molecule has 0 spiro atoms. The molecular formula is C23H20N4O3. The molecule has 1 atom stereocenters. The van der Waals surface area contributed by atoms with Crippen LogP contribution in [0.1, 0.15) is 34.3 Å². The van der Waals surface area contributed by atoms with Gasteiger partial charge in [-0.1, -0.05) is 30.3 Å². The van der Waals surface area contributed by atoms with Gasteiger partial charge in [0.1, 0.15) is 6.04 Å². The van der Waals surface area contributed by atoms with Crippen LogP contribution in [0.25, 0.3) is 10.9 Å². The minimum Gasteiger partial charge on any atom is -0.380 e. The molecule has 7 heteroatoms. The van der Waals surface area contributed by atoms with E-state index in [9.17, 15) is 14.4 Å². The van der Waals surface area contributed by atoms with Crippen LogP contribution < -0.4 is 10.6 Å². The minimum absolute atomic E-state index is 0.157. The van der Waals surface area contributed by atoms with Crippen LogP contribution in [0.4, 0.5) is 5.69 Å². The Morgan fingerprint density at radius 1 is 1.10 bits per heavy atom. The number of aromatic nitrogens is 1. The number of nitrogens with zero attached hydrogens (tertiary/aromatic N) is 2. The van der Waals surface area contributed by atoms with Gasteiger partial charge in [0.2, 0.25) is 11.8 Å². The molecule has 150 valence electrons. The van der Waals surface area contributed by atoms with E-state index in [0.29, 0.717) is 25.1 Å². The lowest BCUT2D eigenvalue weighted by Gasteiger charge is -2.29. The van der Waals surface area contributed by atoms with Gasteiger partial charge in [0.05, 0.1) is 5.52 Å². The molecule has 2 aromatic carbocycles. The molecule has 0 saturated carbocycles. The summed E-state index contributed by atoms with van der Waals surface area (Å²) in [6.45, 7) is 0.954. The number of piperidine rings is 1. The van der Waals surface area contributed by atoms with Crippen LogP contribution >= 0.6 is 0 Å². The van der Waals surface area contributed by atoms with Crippen LogP contribution in [0.15, 0.2) is 54.7 Å². The van der Waals surface area contributed by atoms with E-state index in [2.05, 4.69) is 15.6 Å². The maximum Gasteiger partial charge on any atom is 0.255 e. The summed E-state index contributed by atoms with van der Waals surface area (Å²) in [6, 6.07) is 15.1. The molecule has 5 rings (SSSR count). The molecule has 3 heterocycles. The van der Waals surface area contributed by atoms with Gasteiger partial charge in [-0.25, -0.2) is 0 Å². The van der Waals surface area contributed by atoms with Gasteiger partial charge >= 0.3 is 0 Å². The highest BCUT2D eigenvalue weighted by Gasteiger charge is 2.39. The Bertz CT molecular complexity index is 1180. The number of hydrogen-bond acceptors (Lipinski definition) is 5. The van der Waals surface area contributed by atoms with Crippen molar-refractivity contribution < 1.29 is 14.4 Å². The number of amides is 3. The van der Waals surface area contributed by atoms with E-state index in [0.717, 1.165) is 27.7 Å². The number of imide groups is 1. The highest BCUT2D eigenvalue weighted by molar-refractivity contribution is 6.05. The lowest BCUT2D eigenvalue weighted by Crippen LogP contribution is -2.52. The molecule has 0 aliphatic carbocycles. The van der Waals surface area contributed by atoms with Gasteiger partial charge in [-0.15, -0.1) is 0 Å². The quantitative estimate of drug-likeness (QED) is 0.657. The van der Waals surface area contributed by atoms with Crippen LogP contribution in [0.5, 0.6) is 0 Å². The maximum atomic E-state index is 13.0. The number of fused-ring (bicyclic) bond motifs is 2. The minimum atomic E-state index is -0.590. The Balaban J connectivity index is 1.34. The number of carbonyl (C=O) groups is 3. The number of hydrogen-bond donors (Lipinski definition) is 2. The fraction of sp³-hybridized carbons (Fsp3) is 0.217. The van der Waals surface area contributed by atoms with Crippen LogP contribution in [0, 0.1) is 0 Å². The summed E-state index contributed by atoms with van der Waals surface area (Å²) in [7, 11) is 0. The lowest BCUT2D eigenvalue weighted by molar-refractivity contribution is -0.136. The predicted molar refractivity (Wildman–Crippen MR) is 112 cm³/mol. The van der Waals surface area contributed by atoms with Gasteiger partial charge < -0.3 is 10.2 Å². The van der Waals surface area contributed by atoms with E-state index >= 15 is 0 Å². The van der Waals surface area contributed by atoms with E-state index in [-0.39, 0.29) is 24.1 Å². The van der Waals surface area contributed by atoms with Crippen LogP contribution in [0.2, 0.25) is 0 Å². The van der Waals surface area contributed by atoms with Crippen molar-refractivity contribution in [3.05, 3.63) is 71.4 Å². The van der Waals surface area contributed by atoms with E-state index in [1.54, 1.807) is 11.1 Å². The summed E-state index contributed by atoms with van der Waals surface area (Å²) < 4.78 is 0. The monoisotopic (exact) mass is 400 g/mol. The van der Waals surface area contributed by atoms with Crippen molar-refractivity contribution in [2.75, 3.05) is 5.32 Å². The van der Waals surface area contributed by atoms with Gasteiger partial charge in [0, 0.05) is 42.3 Å². The summed E-state index contributed by atoms with van der Waals surface area (Å²) in [5, 5.41) is 6.80. The molecule has 3 amide bonds. The Morgan fingerprint density at radius 3 is 2.83 bits per heavy atom. The fourth-order valence-corrected chi connectivity index (χ4v) is 4.16. The van der Waals surface area contributed by atoms with E-state index < -0.39 is 6.04 Å². The maximum absolute atomic E-state index is 13.0. The van der Waals surface area contributed by atoms with Gasteiger partial charge in [-0.05, 0) is 35.7 Å². The molecule has 1 fully saturated rings. The average molecular weight is 400 g/mol. The molecule has 1 aromatic heterocycles. The lowest BCUT2D eigenvalue weighted by atomic mass is 10.0. The Hall–Kier alpha value is -3.74. The third-order valence-corrected chi connectivity index (χ3v) is 5.72. The zero-order valence-corrected chi connectivity index (χ0v) is 16.2. The largest absolute Gasteiger partial charge is 0.380 e. The second-order valence-electron chi connectivity index (χ2n) is 7.62. The van der Waals surface area contributed by atoms with Crippen molar-refractivity contribution in [2.24, 2.45) is 0 Å². The van der Waals surface area contributed by atoms with Crippen molar-refractivity contribution in [2.45, 2.75) is 32.0 Å². The molecule has 7 nitrogen and oxygen atoms in total. The molecule has 1 saturated heterocycles. The number of anilines is 1. The number of pyridine rings is 1. The van der Waals surface area contributed by atoms with Crippen molar-refractivity contribution in [1.29, 1.82) is 0 Å². The number of para-hydroxylation sites is 1. The summed E-state index contributed by atoms with van der Waals surface area (Å²) in [4.78, 5) is 42.5. The van der Waals surface area contributed by atoms with Crippen LogP contribution in [-0.2, 0) is 22.7 Å². The zero-order chi connectivity index (χ0) is 20.7. The molecule has 30 heavy (non-hydrogen) atoms. The highest BCUT2D eigenvalue weighted by atomic mass is 16.2. The first-order valence-corrected chi connectivity index (χ1v) is 9.94. The van der Waals surface area contributed by atoms with E-state index in [4.69, 9.17) is 0 Å². The van der Waals surface area contributed by atoms with Gasteiger partial charge in [-0.2, -0.15) is 0 Å². The van der Waals surface area contributed by atoms with Crippen molar-refractivity contribution in [3.63, 3.8) is 0 Å². The first-order chi connectivity index (χ1) is 14.6. The average Bonchev–Trinajstić information content (AvgIpc) is 3.08.